The van der Waals surface area contributed by atoms with Crippen molar-refractivity contribution in [2.75, 3.05) is 12.4 Å². The maximum Gasteiger partial charge on any atom is 0.134 e. The van der Waals surface area contributed by atoms with Gasteiger partial charge in [0.2, 0.25) is 0 Å². The molecule has 0 fully saturated rings. The summed E-state index contributed by atoms with van der Waals surface area (Å²) in [6.07, 6.45) is 3.69. The third-order valence-electron chi connectivity index (χ3n) is 3.40. The van der Waals surface area contributed by atoms with Crippen LogP contribution in [0.3, 0.4) is 0 Å². The maximum absolute atomic E-state index is 5.25. The smallest absolute Gasteiger partial charge is 0.134 e. The van der Waals surface area contributed by atoms with Crippen molar-refractivity contribution in [1.82, 2.24) is 9.97 Å². The Morgan fingerprint density at radius 2 is 2.00 bits per heavy atom. The molecule has 0 aliphatic carbocycles. The molecule has 0 unspecified atom stereocenters. The molecule has 0 aliphatic heterocycles. The molecule has 0 radical (unpaired) electrons. The van der Waals surface area contributed by atoms with Crippen molar-refractivity contribution in [2.45, 2.75) is 13.5 Å². The number of ether oxygens (including phenoxy) is 1. The van der Waals surface area contributed by atoms with Crippen LogP contribution in [0.25, 0.3) is 10.8 Å². The second-order valence-electron chi connectivity index (χ2n) is 4.91. The molecule has 1 aromatic carbocycles. The summed E-state index contributed by atoms with van der Waals surface area (Å²) in [6, 6.07) is 12.0. The van der Waals surface area contributed by atoms with Crippen LogP contribution in [0.15, 0.2) is 48.8 Å². The number of hydrogen-bond acceptors (Lipinski definition) is 4. The second kappa shape index (κ2) is 5.79. The van der Waals surface area contributed by atoms with Crippen LogP contribution in [0.1, 0.15) is 11.3 Å². The van der Waals surface area contributed by atoms with E-state index in [1.54, 1.807) is 13.3 Å². The fourth-order valence-corrected chi connectivity index (χ4v) is 2.21. The lowest BCUT2D eigenvalue weighted by molar-refractivity contribution is 0.415. The molecule has 2 heterocycles. The van der Waals surface area contributed by atoms with Crippen molar-refractivity contribution in [2.24, 2.45) is 0 Å². The Morgan fingerprint density at radius 3 is 2.76 bits per heavy atom. The highest BCUT2D eigenvalue weighted by Crippen LogP contribution is 2.25. The number of fused-ring (bicyclic) bond motifs is 1. The molecular formula is C17H17N3O. The van der Waals surface area contributed by atoms with Gasteiger partial charge >= 0.3 is 0 Å². The van der Waals surface area contributed by atoms with Gasteiger partial charge in [0.1, 0.15) is 11.6 Å². The summed E-state index contributed by atoms with van der Waals surface area (Å²) in [5.74, 6) is 1.72. The number of pyridine rings is 2. The fourth-order valence-electron chi connectivity index (χ4n) is 2.21. The van der Waals surface area contributed by atoms with E-state index < -0.39 is 0 Å². The zero-order valence-electron chi connectivity index (χ0n) is 12.1. The van der Waals surface area contributed by atoms with E-state index in [0.717, 1.165) is 33.6 Å². The summed E-state index contributed by atoms with van der Waals surface area (Å²) in [7, 11) is 1.67. The van der Waals surface area contributed by atoms with E-state index in [1.807, 2.05) is 43.5 Å². The van der Waals surface area contributed by atoms with Crippen LogP contribution in [-0.2, 0) is 6.54 Å². The molecule has 0 atom stereocenters. The lowest BCUT2D eigenvalue weighted by atomic mass is 10.1. The number of aromatic nitrogens is 2. The number of nitrogens with zero attached hydrogens (tertiary/aromatic N) is 2. The van der Waals surface area contributed by atoms with Crippen molar-refractivity contribution in [3.05, 3.63) is 60.0 Å². The SMILES string of the molecule is COc1ccc2c(NCc3ccc(C)nc3)nccc2c1. The molecule has 0 amide bonds. The van der Waals surface area contributed by atoms with Gasteiger partial charge < -0.3 is 10.1 Å². The highest BCUT2D eigenvalue weighted by Gasteiger charge is 2.03. The van der Waals surface area contributed by atoms with Gasteiger partial charge in [0.15, 0.2) is 0 Å². The van der Waals surface area contributed by atoms with Gasteiger partial charge in [-0.2, -0.15) is 0 Å². The van der Waals surface area contributed by atoms with E-state index in [-0.39, 0.29) is 0 Å². The highest BCUT2D eigenvalue weighted by atomic mass is 16.5. The summed E-state index contributed by atoms with van der Waals surface area (Å²) in [5.41, 5.74) is 2.15. The predicted octanol–water partition coefficient (Wildman–Crippen LogP) is 3.56. The Morgan fingerprint density at radius 1 is 1.10 bits per heavy atom. The van der Waals surface area contributed by atoms with Crippen LogP contribution in [0.4, 0.5) is 5.82 Å². The minimum atomic E-state index is 0.700. The topological polar surface area (TPSA) is 47.0 Å². The molecule has 0 aliphatic rings. The summed E-state index contributed by atoms with van der Waals surface area (Å²) < 4.78 is 5.25. The van der Waals surface area contributed by atoms with Crippen molar-refractivity contribution in [1.29, 1.82) is 0 Å². The van der Waals surface area contributed by atoms with Gasteiger partial charge in [0, 0.05) is 30.0 Å². The molecule has 0 spiro atoms. The maximum atomic E-state index is 5.25. The Bertz CT molecular complexity index is 754. The van der Waals surface area contributed by atoms with Crippen LogP contribution in [-0.4, -0.2) is 17.1 Å². The second-order valence-corrected chi connectivity index (χ2v) is 4.91. The molecule has 21 heavy (non-hydrogen) atoms. The zero-order valence-corrected chi connectivity index (χ0v) is 12.1. The fraction of sp³-hybridized carbons (Fsp3) is 0.176. The third-order valence-corrected chi connectivity index (χ3v) is 3.40. The van der Waals surface area contributed by atoms with Crippen LogP contribution < -0.4 is 10.1 Å². The average Bonchev–Trinajstić information content (AvgIpc) is 2.53. The third kappa shape index (κ3) is 2.94. The normalized spacial score (nSPS) is 10.6. The standard InChI is InChI=1S/C17H17N3O/c1-12-3-4-13(10-19-12)11-20-17-16-6-5-15(21-2)9-14(16)7-8-18-17/h3-10H,11H2,1-2H3,(H,18,20). The summed E-state index contributed by atoms with van der Waals surface area (Å²) in [5, 5.41) is 5.56. The van der Waals surface area contributed by atoms with Crippen LogP contribution in [0, 0.1) is 6.92 Å². The van der Waals surface area contributed by atoms with E-state index in [1.165, 1.54) is 0 Å². The highest BCUT2D eigenvalue weighted by molar-refractivity contribution is 5.92. The minimum absolute atomic E-state index is 0.700. The van der Waals surface area contributed by atoms with Gasteiger partial charge in [-0.25, -0.2) is 4.98 Å². The summed E-state index contributed by atoms with van der Waals surface area (Å²) in [4.78, 5) is 8.72. The number of methoxy groups -OCH3 is 1. The first-order valence-corrected chi connectivity index (χ1v) is 6.84. The van der Waals surface area contributed by atoms with Gasteiger partial charge in [-0.3, -0.25) is 4.98 Å². The minimum Gasteiger partial charge on any atom is -0.497 e. The van der Waals surface area contributed by atoms with Crippen molar-refractivity contribution >= 4 is 16.6 Å². The van der Waals surface area contributed by atoms with Crippen LogP contribution in [0.5, 0.6) is 5.75 Å². The van der Waals surface area contributed by atoms with E-state index >= 15 is 0 Å². The monoisotopic (exact) mass is 279 g/mol. The first-order valence-electron chi connectivity index (χ1n) is 6.84. The Labute approximate surface area is 123 Å². The molecule has 1 N–H and O–H groups in total. The van der Waals surface area contributed by atoms with Crippen LogP contribution in [0.2, 0.25) is 0 Å². The Hall–Kier alpha value is -2.62. The van der Waals surface area contributed by atoms with Gasteiger partial charge in [0.05, 0.1) is 7.11 Å². The van der Waals surface area contributed by atoms with E-state index in [0.29, 0.717) is 6.54 Å². The summed E-state index contributed by atoms with van der Waals surface area (Å²) in [6.45, 7) is 2.68. The molecule has 2 aromatic heterocycles. The van der Waals surface area contributed by atoms with Crippen molar-refractivity contribution in [3.63, 3.8) is 0 Å². The number of aryl methyl sites for hydroxylation is 1. The van der Waals surface area contributed by atoms with E-state index in [2.05, 4.69) is 21.4 Å². The summed E-state index contributed by atoms with van der Waals surface area (Å²) >= 11 is 0. The van der Waals surface area contributed by atoms with Gasteiger partial charge in [-0.15, -0.1) is 0 Å². The molecule has 0 bridgehead atoms. The molecular weight excluding hydrogens is 262 g/mol. The molecule has 0 saturated carbocycles. The first-order chi connectivity index (χ1) is 10.3. The Kier molecular flexibility index (Phi) is 3.69. The Balaban J connectivity index is 1.85. The molecule has 4 heteroatoms. The largest absolute Gasteiger partial charge is 0.497 e. The van der Waals surface area contributed by atoms with Gasteiger partial charge in [-0.1, -0.05) is 6.07 Å². The first kappa shape index (κ1) is 13.4. The lowest BCUT2D eigenvalue weighted by Gasteiger charge is -2.09. The number of nitrogens with one attached hydrogen (secondary N) is 1. The molecule has 4 nitrogen and oxygen atoms in total. The molecule has 0 saturated heterocycles. The van der Waals surface area contributed by atoms with Crippen LogP contribution >= 0.6 is 0 Å². The van der Waals surface area contributed by atoms with E-state index in [4.69, 9.17) is 4.74 Å². The average molecular weight is 279 g/mol. The predicted molar refractivity (Wildman–Crippen MR) is 84.6 cm³/mol. The van der Waals surface area contributed by atoms with Crippen molar-refractivity contribution < 1.29 is 4.74 Å². The number of hydrogen-bond donors (Lipinski definition) is 1. The van der Waals surface area contributed by atoms with E-state index in [9.17, 15) is 0 Å². The zero-order chi connectivity index (χ0) is 14.7. The molecule has 3 aromatic rings. The van der Waals surface area contributed by atoms with Gasteiger partial charge in [-0.05, 0) is 48.2 Å². The lowest BCUT2D eigenvalue weighted by Crippen LogP contribution is -2.02. The number of benzene rings is 1. The molecule has 106 valence electrons. The van der Waals surface area contributed by atoms with Gasteiger partial charge in [0.25, 0.3) is 0 Å². The number of anilines is 1. The number of rotatable bonds is 4. The quantitative estimate of drug-likeness (QED) is 0.793. The van der Waals surface area contributed by atoms with Crippen molar-refractivity contribution in [3.8, 4) is 5.75 Å². The molecule has 3 rings (SSSR count).